The number of nitrogens with one attached hydrogen (secondary N) is 1. The van der Waals surface area contributed by atoms with Gasteiger partial charge in [0.05, 0.1) is 37.6 Å². The van der Waals surface area contributed by atoms with Gasteiger partial charge in [0.15, 0.2) is 23.1 Å². The van der Waals surface area contributed by atoms with Gasteiger partial charge < -0.3 is 24.0 Å². The number of Topliss-reactive ketones (excluding diaryl/α,β-unsaturated/α-hetero) is 1. The average Bonchev–Trinajstić information content (AvgIpc) is 3.11. The van der Waals surface area contributed by atoms with E-state index in [1.54, 1.807) is 17.9 Å². The van der Waals surface area contributed by atoms with Crippen LogP contribution in [0.5, 0.6) is 17.2 Å². The Morgan fingerprint density at radius 1 is 1.21 bits per heavy atom. The standard InChI is InChI=1S/C26H32FN3O4/c1-6-32-21-12-17-13-30(26(28)22(17)23(27)25(21)33-7-2)14-20(31)16-10-18(15(3)4)24-19(11-16)29(5)8-9-34-24/h10-12,15,28H,6-9,13-14H2,1-5H3. The molecule has 0 aromatic heterocycles. The highest BCUT2D eigenvalue weighted by atomic mass is 19.1. The summed E-state index contributed by atoms with van der Waals surface area (Å²) in [5, 5.41) is 8.59. The minimum Gasteiger partial charge on any atom is -0.490 e. The zero-order valence-corrected chi connectivity index (χ0v) is 20.5. The van der Waals surface area contributed by atoms with Crippen LogP contribution in [-0.4, -0.2) is 56.5 Å². The molecule has 8 heteroatoms. The fourth-order valence-corrected chi connectivity index (χ4v) is 4.49. The Balaban J connectivity index is 1.63. The van der Waals surface area contributed by atoms with Gasteiger partial charge in [0.1, 0.15) is 18.2 Å². The molecule has 0 bridgehead atoms. The lowest BCUT2D eigenvalue weighted by atomic mass is 9.95. The number of anilines is 1. The lowest BCUT2D eigenvalue weighted by Gasteiger charge is -2.31. The number of carbonyl (C=O) groups excluding carboxylic acids is 1. The van der Waals surface area contributed by atoms with E-state index in [1.807, 2.05) is 26.1 Å². The number of amidine groups is 1. The van der Waals surface area contributed by atoms with Gasteiger partial charge in [-0.05, 0) is 49.1 Å². The number of rotatable bonds is 8. The largest absolute Gasteiger partial charge is 0.490 e. The molecular formula is C26H32FN3O4. The zero-order chi connectivity index (χ0) is 24.6. The quantitative estimate of drug-likeness (QED) is 0.570. The van der Waals surface area contributed by atoms with Crippen LogP contribution >= 0.6 is 0 Å². The predicted octanol–water partition coefficient (Wildman–Crippen LogP) is 4.60. The molecule has 0 radical (unpaired) electrons. The van der Waals surface area contributed by atoms with E-state index in [0.717, 1.165) is 23.5 Å². The van der Waals surface area contributed by atoms with Crippen molar-refractivity contribution in [2.75, 3.05) is 44.9 Å². The molecule has 2 aromatic rings. The molecule has 1 N–H and O–H groups in total. The van der Waals surface area contributed by atoms with E-state index in [1.165, 1.54) is 0 Å². The molecule has 2 aliphatic heterocycles. The molecule has 7 nitrogen and oxygen atoms in total. The van der Waals surface area contributed by atoms with Crippen LogP contribution in [0.1, 0.15) is 60.7 Å². The van der Waals surface area contributed by atoms with Gasteiger partial charge in [-0.3, -0.25) is 10.2 Å². The molecule has 0 saturated heterocycles. The van der Waals surface area contributed by atoms with Crippen molar-refractivity contribution in [1.29, 1.82) is 5.41 Å². The average molecular weight is 470 g/mol. The van der Waals surface area contributed by atoms with Crippen molar-refractivity contribution in [3.63, 3.8) is 0 Å². The molecule has 0 fully saturated rings. The number of ketones is 1. The van der Waals surface area contributed by atoms with Crippen LogP contribution in [-0.2, 0) is 6.54 Å². The summed E-state index contributed by atoms with van der Waals surface area (Å²) in [5.74, 6) is 0.587. The van der Waals surface area contributed by atoms with Crippen molar-refractivity contribution in [2.45, 2.75) is 40.2 Å². The van der Waals surface area contributed by atoms with Gasteiger partial charge in [-0.1, -0.05) is 13.8 Å². The molecular weight excluding hydrogens is 437 g/mol. The second-order valence-electron chi connectivity index (χ2n) is 8.88. The molecule has 0 amide bonds. The lowest BCUT2D eigenvalue weighted by Crippen LogP contribution is -2.32. The van der Waals surface area contributed by atoms with E-state index in [9.17, 15) is 4.79 Å². The number of carbonyl (C=O) groups is 1. The number of likely N-dealkylation sites (N-methyl/N-ethyl adjacent to an activating group) is 1. The first-order valence-electron chi connectivity index (χ1n) is 11.8. The molecule has 4 rings (SSSR count). The molecule has 2 heterocycles. The van der Waals surface area contributed by atoms with Gasteiger partial charge in [-0.25, -0.2) is 4.39 Å². The Labute approximate surface area is 199 Å². The van der Waals surface area contributed by atoms with Crippen LogP contribution in [0.4, 0.5) is 10.1 Å². The Morgan fingerprint density at radius 2 is 1.94 bits per heavy atom. The molecule has 0 saturated carbocycles. The maximum atomic E-state index is 15.3. The van der Waals surface area contributed by atoms with Gasteiger partial charge in [-0.2, -0.15) is 0 Å². The van der Waals surface area contributed by atoms with Crippen LogP contribution in [0.15, 0.2) is 18.2 Å². The first-order chi connectivity index (χ1) is 16.3. The number of nitrogens with zero attached hydrogens (tertiary/aromatic N) is 2. The third-order valence-electron chi connectivity index (χ3n) is 6.23. The Hall–Kier alpha value is -3.29. The monoisotopic (exact) mass is 469 g/mol. The lowest BCUT2D eigenvalue weighted by molar-refractivity contribution is 0.0962. The number of benzene rings is 2. The van der Waals surface area contributed by atoms with E-state index in [2.05, 4.69) is 18.7 Å². The smallest absolute Gasteiger partial charge is 0.197 e. The molecule has 182 valence electrons. The summed E-state index contributed by atoms with van der Waals surface area (Å²) in [6.07, 6.45) is 0. The van der Waals surface area contributed by atoms with Crippen LogP contribution in [0.3, 0.4) is 0 Å². The highest BCUT2D eigenvalue weighted by Crippen LogP contribution is 2.41. The number of ether oxygens (including phenoxy) is 3. The van der Waals surface area contributed by atoms with Crippen molar-refractivity contribution in [2.24, 2.45) is 0 Å². The SMILES string of the molecule is CCOc1cc2c(c(F)c1OCC)C(=N)N(CC(=O)c1cc(C(C)C)c3c(c1)N(C)CCO3)C2. The summed E-state index contributed by atoms with van der Waals surface area (Å²) in [6, 6.07) is 5.46. The van der Waals surface area contributed by atoms with Gasteiger partial charge in [0, 0.05) is 19.2 Å². The summed E-state index contributed by atoms with van der Waals surface area (Å²) in [5.41, 5.74) is 3.23. The first kappa shape index (κ1) is 23.9. The van der Waals surface area contributed by atoms with Crippen LogP contribution < -0.4 is 19.1 Å². The topological polar surface area (TPSA) is 75.1 Å². The highest BCUT2D eigenvalue weighted by Gasteiger charge is 2.33. The maximum Gasteiger partial charge on any atom is 0.197 e. The number of hydrogen-bond acceptors (Lipinski definition) is 6. The van der Waals surface area contributed by atoms with E-state index < -0.39 is 5.82 Å². The predicted molar refractivity (Wildman–Crippen MR) is 130 cm³/mol. The minimum absolute atomic E-state index is 0.0142. The van der Waals surface area contributed by atoms with E-state index in [-0.39, 0.29) is 48.5 Å². The Morgan fingerprint density at radius 3 is 2.62 bits per heavy atom. The van der Waals surface area contributed by atoms with Gasteiger partial charge in [0.25, 0.3) is 0 Å². The minimum atomic E-state index is -0.614. The van der Waals surface area contributed by atoms with Crippen molar-refractivity contribution >= 4 is 17.3 Å². The normalized spacial score (nSPS) is 14.7. The van der Waals surface area contributed by atoms with Crippen molar-refractivity contribution in [3.05, 3.63) is 46.3 Å². The molecule has 34 heavy (non-hydrogen) atoms. The van der Waals surface area contributed by atoms with E-state index >= 15 is 4.39 Å². The van der Waals surface area contributed by atoms with Crippen LogP contribution in [0.2, 0.25) is 0 Å². The van der Waals surface area contributed by atoms with Gasteiger partial charge >= 0.3 is 0 Å². The molecule has 0 unspecified atom stereocenters. The van der Waals surface area contributed by atoms with Gasteiger partial charge in [-0.15, -0.1) is 0 Å². The number of halogens is 1. The second-order valence-corrected chi connectivity index (χ2v) is 8.88. The summed E-state index contributed by atoms with van der Waals surface area (Å²) in [6.45, 7) is 9.97. The highest BCUT2D eigenvalue weighted by molar-refractivity contribution is 6.06. The molecule has 2 aromatic carbocycles. The Kier molecular flexibility index (Phi) is 6.68. The molecule has 2 aliphatic rings. The zero-order valence-electron chi connectivity index (χ0n) is 20.5. The van der Waals surface area contributed by atoms with Crippen molar-refractivity contribution < 1.29 is 23.4 Å². The van der Waals surface area contributed by atoms with Crippen molar-refractivity contribution in [3.8, 4) is 17.2 Å². The van der Waals surface area contributed by atoms with E-state index in [0.29, 0.717) is 30.1 Å². The van der Waals surface area contributed by atoms with Crippen LogP contribution in [0.25, 0.3) is 0 Å². The van der Waals surface area contributed by atoms with E-state index in [4.69, 9.17) is 19.6 Å². The van der Waals surface area contributed by atoms with Crippen molar-refractivity contribution in [1.82, 2.24) is 4.90 Å². The third kappa shape index (κ3) is 4.17. The second kappa shape index (κ2) is 9.52. The Bertz CT molecular complexity index is 1110. The molecule has 0 spiro atoms. The fraction of sp³-hybridized carbons (Fsp3) is 0.462. The number of hydrogen-bond donors (Lipinski definition) is 1. The summed E-state index contributed by atoms with van der Waals surface area (Å²) >= 11 is 0. The number of fused-ring (bicyclic) bond motifs is 2. The summed E-state index contributed by atoms with van der Waals surface area (Å²) < 4.78 is 32.3. The summed E-state index contributed by atoms with van der Waals surface area (Å²) in [7, 11) is 1.99. The molecule has 0 aliphatic carbocycles. The van der Waals surface area contributed by atoms with Gasteiger partial charge in [0.2, 0.25) is 0 Å². The molecule has 0 atom stereocenters. The first-order valence-corrected chi connectivity index (χ1v) is 11.8. The maximum absolute atomic E-state index is 15.3. The third-order valence-corrected chi connectivity index (χ3v) is 6.23. The fourth-order valence-electron chi connectivity index (χ4n) is 4.49. The summed E-state index contributed by atoms with van der Waals surface area (Å²) in [4.78, 5) is 17.0. The van der Waals surface area contributed by atoms with Crippen LogP contribution in [0, 0.1) is 11.2 Å².